The Balaban J connectivity index is 0.00000507. The Bertz CT molecular complexity index is 3480. The molecule has 0 radical (unpaired) electrons. The van der Waals surface area contributed by atoms with Crippen LogP contribution in [0.1, 0.15) is 26.3 Å². The molecule has 10 aromatic rings. The quantitative estimate of drug-likeness (QED) is 0.0864. The molecule has 2 aromatic heterocycles. The van der Waals surface area contributed by atoms with Gasteiger partial charge in [-0.15, -0.1) is 29.7 Å². The zero-order chi connectivity index (χ0) is 45.1. The molecule has 0 unspecified atom stereocenters. The fourth-order valence-corrected chi connectivity index (χ4v) is 9.41. The molecular formula is C59H42BN5O2Pt-2. The van der Waals surface area contributed by atoms with Crippen LogP contribution in [0.15, 0.2) is 205 Å². The fraction of sp³-hybridized carbons (Fsp3) is 0.0678. The number of imidazole rings is 1. The Labute approximate surface area is 411 Å². The van der Waals surface area contributed by atoms with Gasteiger partial charge in [-0.25, -0.2) is 4.98 Å². The maximum absolute atomic E-state index is 6.74. The summed E-state index contributed by atoms with van der Waals surface area (Å²) in [4.78, 5) is 12.2. The van der Waals surface area contributed by atoms with Crippen molar-refractivity contribution in [1.29, 1.82) is 0 Å². The minimum atomic E-state index is -0.385. The summed E-state index contributed by atoms with van der Waals surface area (Å²) in [7, 11) is 0. The van der Waals surface area contributed by atoms with E-state index in [4.69, 9.17) is 19.4 Å². The second kappa shape index (κ2) is 17.5. The predicted octanol–water partition coefficient (Wildman–Crippen LogP) is 11.8. The van der Waals surface area contributed by atoms with E-state index in [0.717, 1.165) is 78.0 Å². The first-order valence-electron chi connectivity index (χ1n) is 22.5. The van der Waals surface area contributed by atoms with Gasteiger partial charge in [0.05, 0.1) is 16.7 Å². The SMILES string of the molecule is CC(C)(C)c1ccnc2c1OC1=NB(c3ccccc3-c3ccccc3)c3ccc(Oc4[c-]c(-n5[c-][n+](-c6c(-c7ccccc7)cccc6-c6ccccc6)c6ccccc65)ccc4)[c-]c3N12.[Pt]. The van der Waals surface area contributed by atoms with Crippen LogP contribution in [0.5, 0.6) is 17.2 Å². The van der Waals surface area contributed by atoms with E-state index in [9.17, 15) is 0 Å². The molecule has 2 aliphatic heterocycles. The number of amidine groups is 1. The largest absolute Gasteiger partial charge is 0.510 e. The summed E-state index contributed by atoms with van der Waals surface area (Å²) < 4.78 is 17.7. The van der Waals surface area contributed by atoms with Crippen molar-refractivity contribution in [2.75, 3.05) is 4.90 Å². The molecule has 0 spiro atoms. The molecule has 8 aromatic carbocycles. The smallest absolute Gasteiger partial charge is 0.287 e. The van der Waals surface area contributed by atoms with Crippen LogP contribution in [0.25, 0.3) is 55.8 Å². The number of rotatable bonds is 8. The van der Waals surface area contributed by atoms with Crippen molar-refractivity contribution in [3.63, 3.8) is 0 Å². The van der Waals surface area contributed by atoms with Crippen molar-refractivity contribution < 1.29 is 35.1 Å². The van der Waals surface area contributed by atoms with Crippen molar-refractivity contribution in [2.45, 2.75) is 26.2 Å². The molecule has 0 bridgehead atoms. The third-order valence-electron chi connectivity index (χ3n) is 12.5. The molecule has 330 valence electrons. The summed E-state index contributed by atoms with van der Waals surface area (Å²) >= 11 is 0. The summed E-state index contributed by atoms with van der Waals surface area (Å²) in [5.74, 6) is 2.43. The summed E-state index contributed by atoms with van der Waals surface area (Å²) in [5.41, 5.74) is 14.1. The summed E-state index contributed by atoms with van der Waals surface area (Å²) in [6.07, 6.45) is 5.60. The average Bonchev–Trinajstić information content (AvgIpc) is 3.96. The number of pyridine rings is 1. The van der Waals surface area contributed by atoms with Crippen LogP contribution in [0, 0.1) is 18.5 Å². The zero-order valence-electron chi connectivity index (χ0n) is 37.5. The predicted molar refractivity (Wildman–Crippen MR) is 269 cm³/mol. The first-order valence-corrected chi connectivity index (χ1v) is 22.5. The molecule has 0 fully saturated rings. The Kier molecular flexibility index (Phi) is 11.0. The number of ether oxygens (including phenoxy) is 2. The number of hydrogen-bond donors (Lipinski definition) is 0. The maximum atomic E-state index is 6.74. The monoisotopic (exact) mass is 1060 g/mol. The van der Waals surface area contributed by atoms with Crippen molar-refractivity contribution in [3.8, 4) is 62.0 Å². The van der Waals surface area contributed by atoms with Gasteiger partial charge >= 0.3 is 0 Å². The van der Waals surface area contributed by atoms with Crippen LogP contribution in [-0.2, 0) is 26.5 Å². The molecular weight excluding hydrogens is 1020 g/mol. The summed E-state index contributed by atoms with van der Waals surface area (Å²) in [6, 6.07) is 74.6. The van der Waals surface area contributed by atoms with Gasteiger partial charge in [0.1, 0.15) is 0 Å². The third-order valence-corrected chi connectivity index (χ3v) is 12.5. The van der Waals surface area contributed by atoms with E-state index < -0.39 is 0 Å². The zero-order valence-corrected chi connectivity index (χ0v) is 39.8. The molecule has 0 aliphatic carbocycles. The number of anilines is 2. The van der Waals surface area contributed by atoms with Crippen LogP contribution in [0.3, 0.4) is 0 Å². The Morgan fingerprint density at radius 1 is 0.588 bits per heavy atom. The number of aromatic nitrogens is 3. The molecule has 0 amide bonds. The third kappa shape index (κ3) is 7.51. The first-order chi connectivity index (χ1) is 32.9. The summed E-state index contributed by atoms with van der Waals surface area (Å²) in [6.45, 7) is 6.16. The molecule has 0 saturated heterocycles. The van der Waals surface area contributed by atoms with Crippen LogP contribution in [0.4, 0.5) is 11.5 Å². The van der Waals surface area contributed by atoms with E-state index >= 15 is 0 Å². The van der Waals surface area contributed by atoms with Gasteiger partial charge in [-0.2, -0.15) is 18.2 Å². The minimum absolute atomic E-state index is 0. The number of benzene rings is 8. The van der Waals surface area contributed by atoms with Gasteiger partial charge in [0.25, 0.3) is 19.2 Å². The van der Waals surface area contributed by atoms with Gasteiger partial charge in [0.2, 0.25) is 0 Å². The minimum Gasteiger partial charge on any atom is -0.510 e. The topological polar surface area (TPSA) is 55.8 Å². The van der Waals surface area contributed by atoms with E-state index in [0.29, 0.717) is 29.1 Å². The average molecular weight is 1060 g/mol. The van der Waals surface area contributed by atoms with Crippen LogP contribution in [0.2, 0.25) is 0 Å². The van der Waals surface area contributed by atoms with E-state index in [2.05, 4.69) is 206 Å². The van der Waals surface area contributed by atoms with Gasteiger partial charge < -0.3 is 14.0 Å². The van der Waals surface area contributed by atoms with Crippen molar-refractivity contribution in [3.05, 3.63) is 224 Å². The standard InChI is InChI=1S/C59H42BN5O2.Pt/c1-59(2,3)49-35-36-61-57-56(49)67-58-62-60(50-30-14-13-27-46(50)40-19-7-4-8-20-40)51-34-33-45(38-54(51)65(57)58)66-44-26-17-25-43(37-44)63-39-64(53-32-16-15-31-52(53)63)55-47(41-21-9-5-10-22-41)28-18-29-48(55)42-23-11-6-12-24-42;/h4-36H,1-3H3;/q-2;. The fourth-order valence-electron chi connectivity index (χ4n) is 9.41. The van der Waals surface area contributed by atoms with Gasteiger partial charge in [0, 0.05) is 44.3 Å². The molecule has 9 heteroatoms. The van der Waals surface area contributed by atoms with Gasteiger partial charge in [-0.3, -0.25) is 14.4 Å². The molecule has 7 nitrogen and oxygen atoms in total. The summed E-state index contributed by atoms with van der Waals surface area (Å²) in [5, 5.41) is 0. The van der Waals surface area contributed by atoms with Crippen molar-refractivity contribution in [1.82, 2.24) is 9.55 Å². The molecule has 2 aliphatic rings. The van der Waals surface area contributed by atoms with Gasteiger partial charge in [0.15, 0.2) is 11.6 Å². The van der Waals surface area contributed by atoms with E-state index in [1.807, 2.05) is 47.5 Å². The van der Waals surface area contributed by atoms with Gasteiger partial charge in [-0.1, -0.05) is 190 Å². The van der Waals surface area contributed by atoms with Crippen LogP contribution in [-0.4, -0.2) is 22.4 Å². The van der Waals surface area contributed by atoms with Crippen molar-refractivity contribution >= 4 is 46.3 Å². The molecule has 0 N–H and O–H groups in total. The maximum Gasteiger partial charge on any atom is 0.287 e. The normalized spacial score (nSPS) is 12.7. The molecule has 68 heavy (non-hydrogen) atoms. The molecule has 4 heterocycles. The van der Waals surface area contributed by atoms with E-state index in [1.165, 1.54) is 0 Å². The van der Waals surface area contributed by atoms with Gasteiger partial charge in [-0.05, 0) is 50.5 Å². The Morgan fingerprint density at radius 3 is 1.90 bits per heavy atom. The second-order valence-corrected chi connectivity index (χ2v) is 17.8. The van der Waals surface area contributed by atoms with Crippen molar-refractivity contribution in [2.24, 2.45) is 4.90 Å². The van der Waals surface area contributed by atoms with Crippen LogP contribution < -0.4 is 29.9 Å². The second-order valence-electron chi connectivity index (χ2n) is 17.8. The number of hydrogen-bond acceptors (Lipinski definition) is 5. The molecule has 0 saturated carbocycles. The number of para-hydroxylation sites is 3. The van der Waals surface area contributed by atoms with E-state index in [1.54, 1.807) is 0 Å². The van der Waals surface area contributed by atoms with Crippen LogP contribution >= 0.6 is 0 Å². The Morgan fingerprint density at radius 2 is 1.19 bits per heavy atom. The number of fused-ring (bicyclic) bond motifs is 6. The molecule has 12 rings (SSSR count). The first kappa shape index (κ1) is 42.8. The number of nitrogens with zero attached hydrogens (tertiary/aromatic N) is 5. The van der Waals surface area contributed by atoms with E-state index in [-0.39, 0.29) is 33.3 Å². The molecule has 0 atom stereocenters. The Hall–Kier alpha value is -7.80.